The first-order chi connectivity index (χ1) is 36.7. The summed E-state index contributed by atoms with van der Waals surface area (Å²) in [5.74, 6) is -2.19. The number of nitriles is 1. The van der Waals surface area contributed by atoms with Gasteiger partial charge in [0.05, 0.1) is 22.6 Å². The summed E-state index contributed by atoms with van der Waals surface area (Å²) in [6.07, 6.45) is 9.08. The molecule has 0 unspecified atom stereocenters. The molecule has 0 N–H and O–H groups in total. The van der Waals surface area contributed by atoms with Crippen LogP contribution in [0.25, 0.3) is 78.3 Å². The molecule has 0 fully saturated rings. The van der Waals surface area contributed by atoms with Crippen LogP contribution in [-0.2, 0) is 36.5 Å². The summed E-state index contributed by atoms with van der Waals surface area (Å²) < 4.78 is 30.1. The number of rotatable bonds is 13. The predicted octanol–water partition coefficient (Wildman–Crippen LogP) is 17.9. The van der Waals surface area contributed by atoms with Crippen LogP contribution in [0.3, 0.4) is 0 Å². The van der Waals surface area contributed by atoms with Gasteiger partial charge in [-0.25, -0.2) is 8.78 Å². The van der Waals surface area contributed by atoms with Crippen LogP contribution < -0.4 is 0 Å². The summed E-state index contributed by atoms with van der Waals surface area (Å²) >= 11 is 0. The maximum atomic E-state index is 15.3. The van der Waals surface area contributed by atoms with E-state index in [1.165, 1.54) is 45.5 Å². The van der Waals surface area contributed by atoms with Gasteiger partial charge in [-0.05, 0) is 163 Å². The molecule has 0 saturated carbocycles. The number of halogens is 2. The van der Waals surface area contributed by atoms with E-state index in [2.05, 4.69) is 180 Å². The fourth-order valence-electron chi connectivity index (χ4n) is 9.95. The number of aryl methyl sites for hydroxylation is 4. The monoisotopic (exact) mass is 994 g/mol. The molecule has 10 rings (SSSR count). The van der Waals surface area contributed by atoms with Crippen molar-refractivity contribution in [2.24, 2.45) is 0 Å². The maximum absolute atomic E-state index is 15.3. The van der Waals surface area contributed by atoms with Gasteiger partial charge in [0.15, 0.2) is 11.6 Å². The lowest BCUT2D eigenvalue weighted by Gasteiger charge is -2.19. The quantitative estimate of drug-likeness (QED) is 0.115. The van der Waals surface area contributed by atoms with E-state index in [9.17, 15) is 9.65 Å². The highest BCUT2D eigenvalue weighted by Crippen LogP contribution is 2.42. The zero-order valence-electron chi connectivity index (χ0n) is 44.0. The average Bonchev–Trinajstić information content (AvgIpc) is 3.46. The van der Waals surface area contributed by atoms with Crippen molar-refractivity contribution in [1.82, 2.24) is 15.0 Å². The highest BCUT2D eigenvalue weighted by Gasteiger charge is 2.20. The third-order valence-electron chi connectivity index (χ3n) is 14.4. The number of hydrogen-bond donors (Lipinski definition) is 0. The minimum Gasteiger partial charge on any atom is -0.256 e. The zero-order valence-corrected chi connectivity index (χ0v) is 44.0. The van der Waals surface area contributed by atoms with Gasteiger partial charge in [-0.15, -0.1) is 0 Å². The Morgan fingerprint density at radius 3 is 1.34 bits per heavy atom. The third-order valence-corrected chi connectivity index (χ3v) is 14.4. The van der Waals surface area contributed by atoms with Gasteiger partial charge >= 0.3 is 0 Å². The van der Waals surface area contributed by atoms with Crippen molar-refractivity contribution in [2.75, 3.05) is 0 Å². The van der Waals surface area contributed by atoms with Crippen LogP contribution in [0, 0.1) is 23.0 Å². The molecule has 3 heterocycles. The Labute approximate surface area is 446 Å². The first kappa shape index (κ1) is 50.9. The highest BCUT2D eigenvalue weighted by molar-refractivity contribution is 5.94. The second-order valence-electron chi connectivity index (χ2n) is 21.8. The summed E-state index contributed by atoms with van der Waals surface area (Å²) in [6.45, 7) is 13.4. The van der Waals surface area contributed by atoms with Gasteiger partial charge in [-0.3, -0.25) is 15.0 Å². The van der Waals surface area contributed by atoms with Crippen molar-refractivity contribution in [2.45, 2.75) is 78.1 Å². The highest BCUT2D eigenvalue weighted by atomic mass is 19.2. The Morgan fingerprint density at radius 1 is 0.355 bits per heavy atom. The van der Waals surface area contributed by atoms with Crippen molar-refractivity contribution in [3.63, 3.8) is 0 Å². The Kier molecular flexibility index (Phi) is 14.5. The van der Waals surface area contributed by atoms with Gasteiger partial charge < -0.3 is 0 Å². The number of pyridine rings is 3. The van der Waals surface area contributed by atoms with E-state index in [0.29, 0.717) is 5.56 Å². The third kappa shape index (κ3) is 11.4. The van der Waals surface area contributed by atoms with Crippen molar-refractivity contribution < 1.29 is 8.78 Å². The summed E-state index contributed by atoms with van der Waals surface area (Å²) in [5.41, 5.74) is 20.1. The molecule has 0 aliphatic heterocycles. The van der Waals surface area contributed by atoms with Crippen molar-refractivity contribution in [1.29, 1.82) is 5.26 Å². The van der Waals surface area contributed by atoms with Gasteiger partial charge in [0.1, 0.15) is 6.07 Å². The second-order valence-corrected chi connectivity index (χ2v) is 21.8. The first-order valence-corrected chi connectivity index (χ1v) is 26.1. The Balaban J connectivity index is 1.00. The van der Waals surface area contributed by atoms with Crippen molar-refractivity contribution >= 4 is 0 Å². The number of nitrogens with zero attached hydrogens (tertiary/aromatic N) is 4. The summed E-state index contributed by atoms with van der Waals surface area (Å²) in [7, 11) is 0. The molecule has 76 heavy (non-hydrogen) atoms. The maximum Gasteiger partial charge on any atom is 0.177 e. The van der Waals surface area contributed by atoms with Gasteiger partial charge in [0, 0.05) is 40.8 Å². The van der Waals surface area contributed by atoms with Crippen LogP contribution >= 0.6 is 0 Å². The van der Waals surface area contributed by atoms with Gasteiger partial charge in [0.2, 0.25) is 0 Å². The minimum absolute atomic E-state index is 0.0354. The molecule has 0 spiro atoms. The number of benzene rings is 7. The second kappa shape index (κ2) is 21.7. The molecule has 0 radical (unpaired) electrons. The molecule has 0 amide bonds. The molecule has 6 heteroatoms. The fraction of sp³-hybridized carbons (Fsp3) is 0.171. The lowest BCUT2D eigenvalue weighted by atomic mass is 9.86. The van der Waals surface area contributed by atoms with Crippen LogP contribution in [0.1, 0.15) is 80.5 Å². The van der Waals surface area contributed by atoms with Gasteiger partial charge in [0.25, 0.3) is 0 Å². The van der Waals surface area contributed by atoms with Gasteiger partial charge in [-0.1, -0.05) is 175 Å². The predicted molar refractivity (Wildman–Crippen MR) is 308 cm³/mol. The fourth-order valence-corrected chi connectivity index (χ4v) is 9.95. The largest absolute Gasteiger partial charge is 0.256 e. The van der Waals surface area contributed by atoms with E-state index < -0.39 is 11.6 Å². The van der Waals surface area contributed by atoms with E-state index >= 15 is 4.39 Å². The van der Waals surface area contributed by atoms with Crippen LogP contribution in [0.15, 0.2) is 207 Å². The molecule has 7 aromatic carbocycles. The van der Waals surface area contributed by atoms with Crippen molar-refractivity contribution in [3.8, 4) is 84.3 Å². The summed E-state index contributed by atoms with van der Waals surface area (Å²) in [5, 5.41) is 9.30. The zero-order chi connectivity index (χ0) is 53.0. The SMILES string of the molecule is CC(C)(C)c1ccnc(-c2ccc(CCc3cc(CCc4ccc(-c5cc(C(C)(C)C)ccn5)cc4)cc(-c4ccccc4-c4ccc(-c5ccccn5)cc4-c4ccc(-c5ccc(C#N)c(F)c5F)cc4)c3)cc2)c1. The minimum atomic E-state index is -1.15. The van der Waals surface area contributed by atoms with E-state index in [1.807, 2.05) is 54.9 Å². The Bertz CT molecular complexity index is 3610. The topological polar surface area (TPSA) is 62.5 Å². The lowest BCUT2D eigenvalue weighted by molar-refractivity contribution is 0.509. The molecule has 0 atom stereocenters. The molecule has 4 nitrogen and oxygen atoms in total. The van der Waals surface area contributed by atoms with E-state index in [0.717, 1.165) is 92.8 Å². The van der Waals surface area contributed by atoms with Crippen LogP contribution in [0.2, 0.25) is 0 Å². The van der Waals surface area contributed by atoms with Gasteiger partial charge in [-0.2, -0.15) is 5.26 Å². The summed E-state index contributed by atoms with van der Waals surface area (Å²) in [6, 6.07) is 66.4. The van der Waals surface area contributed by atoms with Crippen LogP contribution in [0.5, 0.6) is 0 Å². The van der Waals surface area contributed by atoms with Crippen molar-refractivity contribution in [3.05, 3.63) is 257 Å². The van der Waals surface area contributed by atoms with E-state index in [4.69, 9.17) is 9.97 Å². The molecular weight excluding hydrogens is 935 g/mol. The average molecular weight is 995 g/mol. The molecular formula is C70H60F2N4. The van der Waals surface area contributed by atoms with Crippen LogP contribution in [-0.4, -0.2) is 15.0 Å². The lowest BCUT2D eigenvalue weighted by Crippen LogP contribution is -2.11. The Hall–Kier alpha value is -8.66. The molecule has 10 aromatic rings. The number of hydrogen-bond acceptors (Lipinski definition) is 4. The molecule has 0 aliphatic rings. The Morgan fingerprint density at radius 2 is 0.816 bits per heavy atom. The molecule has 0 aliphatic carbocycles. The number of aromatic nitrogens is 3. The smallest absolute Gasteiger partial charge is 0.177 e. The molecule has 0 saturated heterocycles. The standard InChI is InChI=1S/C70H60F2N4/c1-69(2,3)57-34-37-75-65(43-57)52-22-18-46(19-23-52)14-16-48-39-49(17-15-47-20-24-53(25-21-47)66-44-58(35-38-76-66)70(4,5)6)41-56(40-48)59-11-7-8-12-61(59)62-33-30-54(64-13-9-10-36-74-64)42-63(62)51-28-26-50(27-29-51)60-32-31-55(45-73)67(71)68(60)72/h7-13,18-44H,14-17H2,1-6H3. The first-order valence-electron chi connectivity index (χ1n) is 26.1. The van der Waals surface area contributed by atoms with Crippen LogP contribution in [0.4, 0.5) is 8.78 Å². The molecule has 0 bridgehead atoms. The van der Waals surface area contributed by atoms with E-state index in [1.54, 1.807) is 12.3 Å². The molecule has 374 valence electrons. The normalized spacial score (nSPS) is 11.6. The summed E-state index contributed by atoms with van der Waals surface area (Å²) in [4.78, 5) is 14.1. The molecule has 3 aromatic heterocycles. The van der Waals surface area contributed by atoms with E-state index in [-0.39, 0.29) is 22.0 Å².